The van der Waals surface area contributed by atoms with Crippen molar-refractivity contribution >= 4 is 23.1 Å². The second kappa shape index (κ2) is 6.29. The molecule has 0 amide bonds. The fourth-order valence-corrected chi connectivity index (χ4v) is 1.89. The van der Waals surface area contributed by atoms with Crippen LogP contribution in [0, 0.1) is 5.82 Å². The molecule has 19 heavy (non-hydrogen) atoms. The summed E-state index contributed by atoms with van der Waals surface area (Å²) in [5.74, 6) is 0.415. The quantitative estimate of drug-likeness (QED) is 0.843. The summed E-state index contributed by atoms with van der Waals surface area (Å²) in [5.41, 5.74) is 0.603. The molecule has 100 valence electrons. The Morgan fingerprint density at radius 1 is 1.37 bits per heavy atom. The van der Waals surface area contributed by atoms with E-state index >= 15 is 0 Å². The zero-order valence-electron chi connectivity index (χ0n) is 10.6. The molecule has 0 aliphatic heterocycles. The molecule has 0 atom stereocenters. The molecule has 0 fully saturated rings. The predicted octanol–water partition coefficient (Wildman–Crippen LogP) is 2.38. The van der Waals surface area contributed by atoms with Crippen molar-refractivity contribution in [2.24, 2.45) is 0 Å². The molecular weight excluding hydrogens is 263 g/mol. The third kappa shape index (κ3) is 3.75. The van der Waals surface area contributed by atoms with Crippen molar-refractivity contribution in [3.05, 3.63) is 47.9 Å². The van der Waals surface area contributed by atoms with Crippen LogP contribution in [-0.4, -0.2) is 21.4 Å². The van der Waals surface area contributed by atoms with Crippen LogP contribution < -0.4 is 10.6 Å². The number of anilines is 1. The van der Waals surface area contributed by atoms with Gasteiger partial charge in [0.2, 0.25) is 0 Å². The zero-order chi connectivity index (χ0) is 13.7. The number of aromatic nitrogens is 2. The van der Waals surface area contributed by atoms with Gasteiger partial charge >= 0.3 is 0 Å². The molecule has 1 aromatic heterocycles. The van der Waals surface area contributed by atoms with Crippen LogP contribution in [0.15, 0.2) is 36.5 Å². The fourth-order valence-electron chi connectivity index (χ4n) is 1.64. The largest absolute Gasteiger partial charge is 0.363 e. The summed E-state index contributed by atoms with van der Waals surface area (Å²) in [6.07, 6.45) is 1.78. The van der Waals surface area contributed by atoms with Crippen LogP contribution in [0.2, 0.25) is 0 Å². The Labute approximate surface area is 116 Å². The minimum Gasteiger partial charge on any atom is -0.363 e. The molecule has 1 aromatic carbocycles. The van der Waals surface area contributed by atoms with E-state index in [1.165, 1.54) is 6.07 Å². The molecule has 0 radical (unpaired) electrons. The first-order valence-electron chi connectivity index (χ1n) is 6.00. The molecule has 0 unspecified atom stereocenters. The lowest BCUT2D eigenvalue weighted by molar-refractivity contribution is 0.586. The van der Waals surface area contributed by atoms with Gasteiger partial charge in [0.1, 0.15) is 5.82 Å². The van der Waals surface area contributed by atoms with E-state index in [-0.39, 0.29) is 5.82 Å². The van der Waals surface area contributed by atoms with E-state index in [0.717, 1.165) is 6.54 Å². The summed E-state index contributed by atoms with van der Waals surface area (Å²) < 4.78 is 15.2. The minimum absolute atomic E-state index is 0.226. The highest BCUT2D eigenvalue weighted by Crippen LogP contribution is 2.09. The molecule has 2 aromatic rings. The van der Waals surface area contributed by atoms with Gasteiger partial charge in [-0.2, -0.15) is 5.10 Å². The molecule has 4 nitrogen and oxygen atoms in total. The van der Waals surface area contributed by atoms with Gasteiger partial charge in [-0.1, -0.05) is 18.2 Å². The van der Waals surface area contributed by atoms with Gasteiger partial charge in [0.25, 0.3) is 0 Å². The van der Waals surface area contributed by atoms with Gasteiger partial charge in [0.15, 0.2) is 10.9 Å². The van der Waals surface area contributed by atoms with Crippen LogP contribution >= 0.6 is 12.2 Å². The first-order chi connectivity index (χ1) is 9.19. The zero-order valence-corrected chi connectivity index (χ0v) is 11.4. The molecule has 0 aliphatic carbocycles. The van der Waals surface area contributed by atoms with Crippen molar-refractivity contribution in [3.8, 4) is 0 Å². The highest BCUT2D eigenvalue weighted by atomic mass is 32.1. The number of hydrogen-bond acceptors (Lipinski definition) is 2. The van der Waals surface area contributed by atoms with Gasteiger partial charge in [-0.15, -0.1) is 0 Å². The second-order valence-corrected chi connectivity index (χ2v) is 4.38. The Bertz CT molecular complexity index is 567. The monoisotopic (exact) mass is 278 g/mol. The summed E-state index contributed by atoms with van der Waals surface area (Å²) in [6, 6.07) is 8.46. The van der Waals surface area contributed by atoms with E-state index in [2.05, 4.69) is 15.7 Å². The Morgan fingerprint density at radius 2 is 2.16 bits per heavy atom. The van der Waals surface area contributed by atoms with Gasteiger partial charge in [0.05, 0.1) is 6.54 Å². The van der Waals surface area contributed by atoms with Crippen molar-refractivity contribution in [2.45, 2.75) is 13.5 Å². The third-order valence-electron chi connectivity index (χ3n) is 2.51. The second-order valence-electron chi connectivity index (χ2n) is 3.97. The van der Waals surface area contributed by atoms with Crippen molar-refractivity contribution in [3.63, 3.8) is 0 Å². The lowest BCUT2D eigenvalue weighted by Crippen LogP contribution is -2.28. The standard InChI is InChI=1S/C13H15FN4S/c1-2-15-13(19)16-12-7-8-18(17-12)9-10-5-3-4-6-11(10)14/h3-8H,2,9H2,1H3,(H2,15,16,17,19). The Morgan fingerprint density at radius 3 is 2.89 bits per heavy atom. The number of hydrogen-bond donors (Lipinski definition) is 2. The molecular formula is C13H15FN4S. The molecule has 0 bridgehead atoms. The van der Waals surface area contributed by atoms with Crippen molar-refractivity contribution < 1.29 is 4.39 Å². The van der Waals surface area contributed by atoms with E-state index in [0.29, 0.717) is 23.0 Å². The summed E-state index contributed by atoms with van der Waals surface area (Å²) in [6.45, 7) is 3.11. The Hall–Kier alpha value is -1.95. The van der Waals surface area contributed by atoms with Gasteiger partial charge in [-0.25, -0.2) is 4.39 Å². The van der Waals surface area contributed by atoms with E-state index in [4.69, 9.17) is 12.2 Å². The van der Waals surface area contributed by atoms with Crippen LogP contribution in [-0.2, 0) is 6.54 Å². The molecule has 0 spiro atoms. The predicted molar refractivity (Wildman–Crippen MR) is 77.6 cm³/mol. The molecule has 0 aliphatic rings. The lowest BCUT2D eigenvalue weighted by Gasteiger charge is -2.06. The molecule has 2 N–H and O–H groups in total. The van der Waals surface area contributed by atoms with Gasteiger partial charge < -0.3 is 10.6 Å². The first kappa shape index (κ1) is 13.5. The number of thiocarbonyl (C=S) groups is 1. The average molecular weight is 278 g/mol. The minimum atomic E-state index is -0.226. The van der Waals surface area contributed by atoms with Crippen LogP contribution in [0.3, 0.4) is 0 Å². The Kier molecular flexibility index (Phi) is 4.46. The van der Waals surface area contributed by atoms with Crippen molar-refractivity contribution in [1.82, 2.24) is 15.1 Å². The van der Waals surface area contributed by atoms with Gasteiger partial charge in [-0.05, 0) is 25.2 Å². The molecule has 2 rings (SSSR count). The normalized spacial score (nSPS) is 10.2. The summed E-state index contributed by atoms with van der Waals surface area (Å²) >= 11 is 5.06. The average Bonchev–Trinajstić information content (AvgIpc) is 2.80. The maximum absolute atomic E-state index is 13.5. The maximum Gasteiger partial charge on any atom is 0.171 e. The van der Waals surface area contributed by atoms with E-state index in [9.17, 15) is 4.39 Å². The highest BCUT2D eigenvalue weighted by molar-refractivity contribution is 7.80. The van der Waals surface area contributed by atoms with Crippen LogP contribution in [0.25, 0.3) is 0 Å². The lowest BCUT2D eigenvalue weighted by atomic mass is 10.2. The van der Waals surface area contributed by atoms with Crippen LogP contribution in [0.1, 0.15) is 12.5 Å². The number of halogens is 1. The van der Waals surface area contributed by atoms with E-state index in [1.54, 1.807) is 35.1 Å². The topological polar surface area (TPSA) is 41.9 Å². The van der Waals surface area contributed by atoms with Crippen molar-refractivity contribution in [2.75, 3.05) is 11.9 Å². The molecule has 6 heteroatoms. The fraction of sp³-hybridized carbons (Fsp3) is 0.231. The van der Waals surface area contributed by atoms with E-state index < -0.39 is 0 Å². The van der Waals surface area contributed by atoms with E-state index in [1.807, 2.05) is 6.92 Å². The number of nitrogens with zero attached hydrogens (tertiary/aromatic N) is 2. The number of benzene rings is 1. The maximum atomic E-state index is 13.5. The number of rotatable bonds is 4. The van der Waals surface area contributed by atoms with Crippen molar-refractivity contribution in [1.29, 1.82) is 0 Å². The molecule has 0 saturated carbocycles. The van der Waals surface area contributed by atoms with Gasteiger partial charge in [0, 0.05) is 24.4 Å². The number of nitrogens with one attached hydrogen (secondary N) is 2. The SMILES string of the molecule is CCNC(=S)Nc1ccn(Cc2ccccc2F)n1. The third-order valence-corrected chi connectivity index (χ3v) is 2.76. The summed E-state index contributed by atoms with van der Waals surface area (Å²) in [7, 11) is 0. The summed E-state index contributed by atoms with van der Waals surface area (Å²) in [5, 5.41) is 10.7. The summed E-state index contributed by atoms with van der Waals surface area (Å²) in [4.78, 5) is 0. The smallest absolute Gasteiger partial charge is 0.171 e. The molecule has 1 heterocycles. The molecule has 0 saturated heterocycles. The van der Waals surface area contributed by atoms with Crippen LogP contribution in [0.4, 0.5) is 10.2 Å². The van der Waals surface area contributed by atoms with Crippen LogP contribution in [0.5, 0.6) is 0 Å². The highest BCUT2D eigenvalue weighted by Gasteiger charge is 2.04. The first-order valence-corrected chi connectivity index (χ1v) is 6.41. The Balaban J connectivity index is 2.02. The van der Waals surface area contributed by atoms with Gasteiger partial charge in [-0.3, -0.25) is 4.68 Å².